The lowest BCUT2D eigenvalue weighted by Gasteiger charge is -2.37. The highest BCUT2D eigenvalue weighted by molar-refractivity contribution is 8.14. The first-order valence-electron chi connectivity index (χ1n) is 14.9. The standard InChI is InChI=1S/C33H34F4N6O2S/c1-4-5-24-7-6-21(2)18-29(24)43-22(3)16-17-46-32(43)40-31(44)38-19-28(34)23-8-10-25(11-9-23)30-39-20-42(41-30)26-12-14-27(15-13-26)45-33(35,36)37/h6-15,18,20,22,28H,4-5,16-17,19H2,1-3H3,(H,38,44)/b40-32-. The van der Waals surface area contributed by atoms with E-state index in [-0.39, 0.29) is 18.3 Å². The van der Waals surface area contributed by atoms with Crippen LogP contribution in [0.15, 0.2) is 78.0 Å². The first-order valence-corrected chi connectivity index (χ1v) is 15.9. The molecule has 1 N–H and O–H groups in total. The number of aromatic nitrogens is 3. The van der Waals surface area contributed by atoms with Crippen molar-refractivity contribution >= 4 is 28.6 Å². The number of thioether (sulfide) groups is 1. The summed E-state index contributed by atoms with van der Waals surface area (Å²) in [6.07, 6.45) is -1.95. The van der Waals surface area contributed by atoms with Crippen LogP contribution >= 0.6 is 11.8 Å². The lowest BCUT2D eigenvalue weighted by Crippen LogP contribution is -2.42. The Morgan fingerprint density at radius 3 is 2.57 bits per heavy atom. The second-order valence-electron chi connectivity index (χ2n) is 11.0. The Morgan fingerprint density at radius 2 is 1.87 bits per heavy atom. The van der Waals surface area contributed by atoms with E-state index in [0.717, 1.165) is 36.3 Å². The van der Waals surface area contributed by atoms with Gasteiger partial charge in [-0.15, -0.1) is 18.3 Å². The van der Waals surface area contributed by atoms with Gasteiger partial charge in [0.2, 0.25) is 0 Å². The Bertz CT molecular complexity index is 1670. The van der Waals surface area contributed by atoms with E-state index < -0.39 is 18.6 Å². The molecule has 0 saturated carbocycles. The summed E-state index contributed by atoms with van der Waals surface area (Å²) in [5.41, 5.74) is 4.86. The summed E-state index contributed by atoms with van der Waals surface area (Å²) in [5.74, 6) is 0.845. The number of carbonyl (C=O) groups excluding carboxylic acids is 1. The van der Waals surface area contributed by atoms with E-state index in [1.807, 2.05) is 6.92 Å². The number of ether oxygens (including phenoxy) is 1. The highest BCUT2D eigenvalue weighted by Crippen LogP contribution is 2.33. The number of benzene rings is 3. The highest BCUT2D eigenvalue weighted by atomic mass is 32.2. The Balaban J connectivity index is 1.21. The average Bonchev–Trinajstić information content (AvgIpc) is 3.51. The molecule has 2 atom stereocenters. The third-order valence-corrected chi connectivity index (χ3v) is 8.41. The lowest BCUT2D eigenvalue weighted by atomic mass is 10.0. The molecule has 5 rings (SSSR count). The fourth-order valence-corrected chi connectivity index (χ4v) is 6.30. The summed E-state index contributed by atoms with van der Waals surface area (Å²) in [6.45, 7) is 6.06. The van der Waals surface area contributed by atoms with Crippen molar-refractivity contribution in [1.29, 1.82) is 0 Å². The highest BCUT2D eigenvalue weighted by Gasteiger charge is 2.31. The van der Waals surface area contributed by atoms with E-state index in [2.05, 4.69) is 62.1 Å². The van der Waals surface area contributed by atoms with Crippen molar-refractivity contribution in [2.24, 2.45) is 4.99 Å². The van der Waals surface area contributed by atoms with E-state index in [4.69, 9.17) is 0 Å². The van der Waals surface area contributed by atoms with Gasteiger partial charge in [-0.1, -0.05) is 61.5 Å². The maximum absolute atomic E-state index is 15.2. The van der Waals surface area contributed by atoms with Crippen LogP contribution in [0.2, 0.25) is 0 Å². The number of aryl methyl sites for hydroxylation is 2. The van der Waals surface area contributed by atoms with Gasteiger partial charge in [0, 0.05) is 23.0 Å². The molecular weight excluding hydrogens is 620 g/mol. The first-order chi connectivity index (χ1) is 22.0. The molecule has 2 heterocycles. The van der Waals surface area contributed by atoms with Crippen LogP contribution in [0.25, 0.3) is 17.1 Å². The molecule has 0 bridgehead atoms. The van der Waals surface area contributed by atoms with Crippen molar-refractivity contribution in [2.45, 2.75) is 58.6 Å². The molecule has 0 spiro atoms. The summed E-state index contributed by atoms with van der Waals surface area (Å²) in [7, 11) is 0. The Labute approximate surface area is 268 Å². The van der Waals surface area contributed by atoms with Crippen LogP contribution in [0, 0.1) is 6.92 Å². The molecule has 13 heteroatoms. The van der Waals surface area contributed by atoms with Gasteiger partial charge >= 0.3 is 12.4 Å². The topological polar surface area (TPSA) is 84.6 Å². The van der Waals surface area contributed by atoms with Gasteiger partial charge in [-0.05, 0) is 73.7 Å². The fourth-order valence-electron chi connectivity index (χ4n) is 5.10. The van der Waals surface area contributed by atoms with Crippen LogP contribution in [0.1, 0.15) is 49.6 Å². The number of nitrogens with zero attached hydrogens (tertiary/aromatic N) is 5. The normalized spacial score (nSPS) is 16.8. The number of alkyl halides is 4. The predicted octanol–water partition coefficient (Wildman–Crippen LogP) is 8.20. The molecule has 46 heavy (non-hydrogen) atoms. The predicted molar refractivity (Wildman–Crippen MR) is 172 cm³/mol. The van der Waals surface area contributed by atoms with Gasteiger partial charge in [0.05, 0.1) is 12.2 Å². The molecule has 1 aromatic heterocycles. The zero-order valence-corrected chi connectivity index (χ0v) is 26.4. The smallest absolute Gasteiger partial charge is 0.406 e. The van der Waals surface area contributed by atoms with Gasteiger partial charge in [0.15, 0.2) is 11.0 Å². The Kier molecular flexibility index (Phi) is 10.3. The van der Waals surface area contributed by atoms with E-state index in [9.17, 15) is 18.0 Å². The minimum Gasteiger partial charge on any atom is -0.406 e. The van der Waals surface area contributed by atoms with Crippen LogP contribution in [-0.4, -0.2) is 50.7 Å². The molecule has 1 aliphatic rings. The number of nitrogens with one attached hydrogen (secondary N) is 1. The second kappa shape index (κ2) is 14.4. The molecular formula is C33H34F4N6O2S. The zero-order chi connectivity index (χ0) is 32.8. The Hall–Kier alpha value is -4.39. The monoisotopic (exact) mass is 654 g/mol. The summed E-state index contributed by atoms with van der Waals surface area (Å²) >= 11 is 1.52. The third-order valence-electron chi connectivity index (χ3n) is 7.42. The van der Waals surface area contributed by atoms with E-state index in [1.54, 1.807) is 24.3 Å². The first kappa shape index (κ1) is 33.0. The van der Waals surface area contributed by atoms with E-state index in [1.165, 1.54) is 52.6 Å². The van der Waals surface area contributed by atoms with Crippen LogP contribution in [0.3, 0.4) is 0 Å². The van der Waals surface area contributed by atoms with Crippen LogP contribution < -0.4 is 15.0 Å². The molecule has 2 unspecified atom stereocenters. The molecule has 4 aromatic rings. The van der Waals surface area contributed by atoms with Crippen molar-refractivity contribution in [3.05, 3.63) is 89.7 Å². The quantitative estimate of drug-likeness (QED) is 0.183. The average molecular weight is 655 g/mol. The van der Waals surface area contributed by atoms with Crippen molar-refractivity contribution in [3.63, 3.8) is 0 Å². The van der Waals surface area contributed by atoms with Crippen LogP contribution in [0.5, 0.6) is 5.75 Å². The fraction of sp³-hybridized carbons (Fsp3) is 0.333. The van der Waals surface area contributed by atoms with Gasteiger partial charge < -0.3 is 15.0 Å². The second-order valence-corrected chi connectivity index (χ2v) is 12.0. The number of carbonyl (C=O) groups is 1. The maximum atomic E-state index is 15.2. The number of amides is 2. The van der Waals surface area contributed by atoms with Crippen molar-refractivity contribution in [2.75, 3.05) is 17.2 Å². The van der Waals surface area contributed by atoms with Gasteiger partial charge in [-0.25, -0.2) is 18.9 Å². The largest absolute Gasteiger partial charge is 0.573 e. The Morgan fingerprint density at radius 1 is 1.13 bits per heavy atom. The number of anilines is 1. The number of aliphatic imine (C=N–C) groups is 1. The molecule has 0 radical (unpaired) electrons. The van der Waals surface area contributed by atoms with Crippen molar-refractivity contribution in [3.8, 4) is 22.8 Å². The lowest BCUT2D eigenvalue weighted by molar-refractivity contribution is -0.274. The summed E-state index contributed by atoms with van der Waals surface area (Å²) < 4.78 is 57.7. The van der Waals surface area contributed by atoms with E-state index >= 15 is 4.39 Å². The minimum atomic E-state index is -4.78. The molecule has 1 saturated heterocycles. The summed E-state index contributed by atoms with van der Waals surface area (Å²) in [6, 6.07) is 17.7. The summed E-state index contributed by atoms with van der Waals surface area (Å²) in [4.78, 5) is 23.6. The molecule has 1 fully saturated rings. The van der Waals surface area contributed by atoms with Crippen molar-refractivity contribution < 1.29 is 27.1 Å². The van der Waals surface area contributed by atoms with Crippen LogP contribution in [-0.2, 0) is 6.42 Å². The summed E-state index contributed by atoms with van der Waals surface area (Å²) in [5, 5.41) is 7.59. The molecule has 0 aliphatic carbocycles. The zero-order valence-electron chi connectivity index (χ0n) is 25.6. The number of hydrogen-bond donors (Lipinski definition) is 1. The molecule has 3 aromatic carbocycles. The SMILES string of the molecule is CCCc1ccc(C)cc1N1/C(=N/C(=O)NCC(F)c2ccc(-c3ncn(-c4ccc(OC(F)(F)F)cc4)n3)cc2)SCCC1C. The maximum Gasteiger partial charge on any atom is 0.573 e. The number of hydrogen-bond acceptors (Lipinski definition) is 5. The van der Waals surface area contributed by atoms with Gasteiger partial charge in [0.25, 0.3) is 0 Å². The molecule has 1 aliphatic heterocycles. The molecule has 2 amide bonds. The van der Waals surface area contributed by atoms with Gasteiger partial charge in [0.1, 0.15) is 18.2 Å². The number of urea groups is 1. The van der Waals surface area contributed by atoms with E-state index in [0.29, 0.717) is 27.8 Å². The molecule has 242 valence electrons. The van der Waals surface area contributed by atoms with Gasteiger partial charge in [-0.3, -0.25) is 0 Å². The molecule has 8 nitrogen and oxygen atoms in total. The van der Waals surface area contributed by atoms with Crippen LogP contribution in [0.4, 0.5) is 28.0 Å². The number of amidine groups is 1. The third kappa shape index (κ3) is 8.25. The van der Waals surface area contributed by atoms with Gasteiger partial charge in [-0.2, -0.15) is 4.99 Å². The number of rotatable bonds is 9. The van der Waals surface area contributed by atoms with Crippen molar-refractivity contribution in [1.82, 2.24) is 20.1 Å². The number of halogens is 4. The minimum absolute atomic E-state index is 0.164.